The van der Waals surface area contributed by atoms with Crippen LogP contribution in [-0.2, 0) is 10.3 Å². The lowest BCUT2D eigenvalue weighted by Crippen LogP contribution is -2.36. The van der Waals surface area contributed by atoms with Gasteiger partial charge < -0.3 is 20.1 Å². The second-order valence-electron chi connectivity index (χ2n) is 9.67. The third kappa shape index (κ3) is 4.83. The number of aromatic nitrogens is 4. The molecular weight excluding hydrogens is 408 g/mol. The first kappa shape index (κ1) is 22.0. The van der Waals surface area contributed by atoms with E-state index in [9.17, 15) is 9.90 Å². The molecular formula is C23H30N6O3. The van der Waals surface area contributed by atoms with Gasteiger partial charge in [-0.05, 0) is 53.2 Å². The average molecular weight is 439 g/mol. The fourth-order valence-corrected chi connectivity index (χ4v) is 3.63. The largest absolute Gasteiger partial charge is 0.444 e. The Hall–Kier alpha value is -3.20. The maximum atomic E-state index is 12.3. The van der Waals surface area contributed by atoms with E-state index in [1.165, 1.54) is 0 Å². The molecule has 0 saturated carbocycles. The number of fused-ring (bicyclic) bond motifs is 1. The number of ether oxygens (including phenoxy) is 1. The summed E-state index contributed by atoms with van der Waals surface area (Å²) < 4.78 is 7.35. The molecule has 0 aromatic carbocycles. The van der Waals surface area contributed by atoms with Crippen LogP contribution in [0.15, 0.2) is 36.8 Å². The Morgan fingerprint density at radius 3 is 2.69 bits per heavy atom. The van der Waals surface area contributed by atoms with Gasteiger partial charge in [0, 0.05) is 25.3 Å². The van der Waals surface area contributed by atoms with Crippen molar-refractivity contribution in [3.63, 3.8) is 0 Å². The lowest BCUT2D eigenvalue weighted by atomic mass is 10.1. The topological polar surface area (TPSA) is 105 Å². The number of aliphatic hydroxyl groups is 1. The zero-order valence-corrected chi connectivity index (χ0v) is 19.2. The van der Waals surface area contributed by atoms with Crippen LogP contribution in [0.4, 0.5) is 10.6 Å². The number of pyridine rings is 1. The number of carbonyl (C=O) groups is 1. The number of hydrogen-bond donors (Lipinski definition) is 2. The van der Waals surface area contributed by atoms with E-state index in [1.54, 1.807) is 37.3 Å². The van der Waals surface area contributed by atoms with Crippen molar-refractivity contribution in [2.75, 3.05) is 18.4 Å². The molecule has 9 nitrogen and oxygen atoms in total. The van der Waals surface area contributed by atoms with Gasteiger partial charge in [-0.25, -0.2) is 14.8 Å². The number of anilines is 1. The van der Waals surface area contributed by atoms with Gasteiger partial charge in [0.25, 0.3) is 0 Å². The second kappa shape index (κ2) is 8.05. The third-order valence-electron chi connectivity index (χ3n) is 5.23. The van der Waals surface area contributed by atoms with Gasteiger partial charge in [0.15, 0.2) is 5.65 Å². The summed E-state index contributed by atoms with van der Waals surface area (Å²) in [7, 11) is 0. The first-order chi connectivity index (χ1) is 15.0. The van der Waals surface area contributed by atoms with Crippen LogP contribution in [0.2, 0.25) is 0 Å². The molecule has 3 aromatic heterocycles. The number of hydrogen-bond acceptors (Lipinski definition) is 7. The molecule has 0 radical (unpaired) electrons. The maximum absolute atomic E-state index is 12.3. The Labute approximate surface area is 187 Å². The van der Waals surface area contributed by atoms with Crippen molar-refractivity contribution in [2.24, 2.45) is 0 Å². The highest BCUT2D eigenvalue weighted by Crippen LogP contribution is 2.24. The molecule has 0 bridgehead atoms. The molecule has 3 aromatic rings. The van der Waals surface area contributed by atoms with E-state index in [-0.39, 0.29) is 12.1 Å². The molecule has 0 aliphatic carbocycles. The van der Waals surface area contributed by atoms with Crippen LogP contribution >= 0.6 is 0 Å². The molecule has 1 atom stereocenters. The normalized spacial score (nSPS) is 17.1. The molecule has 1 aliphatic heterocycles. The Bertz CT molecular complexity index is 1130. The fraction of sp³-hybridized carbons (Fsp3) is 0.478. The molecule has 170 valence electrons. The maximum Gasteiger partial charge on any atom is 0.410 e. The summed E-state index contributed by atoms with van der Waals surface area (Å²) in [6, 6.07) is 5.86. The van der Waals surface area contributed by atoms with Crippen LogP contribution in [0.3, 0.4) is 0 Å². The van der Waals surface area contributed by atoms with Gasteiger partial charge in [0.05, 0.1) is 29.5 Å². The van der Waals surface area contributed by atoms with E-state index in [0.717, 1.165) is 23.6 Å². The molecule has 1 fully saturated rings. The van der Waals surface area contributed by atoms with E-state index in [0.29, 0.717) is 24.4 Å². The number of nitrogens with one attached hydrogen (secondary N) is 1. The number of imidazole rings is 1. The third-order valence-corrected chi connectivity index (χ3v) is 5.23. The SMILES string of the molecule is CC(C)(C)OC(=O)N1CCC(Nc2cccc(-c3cnc4cnc(C(C)(C)O)cn34)n2)C1. The Morgan fingerprint density at radius 1 is 1.19 bits per heavy atom. The summed E-state index contributed by atoms with van der Waals surface area (Å²) in [6.07, 6.45) is 5.71. The van der Waals surface area contributed by atoms with Crippen LogP contribution in [0, 0.1) is 0 Å². The zero-order valence-electron chi connectivity index (χ0n) is 19.2. The average Bonchev–Trinajstić information content (AvgIpc) is 3.32. The van der Waals surface area contributed by atoms with Crippen molar-refractivity contribution in [1.82, 2.24) is 24.3 Å². The van der Waals surface area contributed by atoms with E-state index < -0.39 is 11.2 Å². The summed E-state index contributed by atoms with van der Waals surface area (Å²) in [5, 5.41) is 13.7. The molecule has 1 unspecified atom stereocenters. The van der Waals surface area contributed by atoms with Gasteiger partial charge in [-0.1, -0.05) is 6.07 Å². The fourth-order valence-electron chi connectivity index (χ4n) is 3.63. The molecule has 0 spiro atoms. The second-order valence-corrected chi connectivity index (χ2v) is 9.67. The summed E-state index contributed by atoms with van der Waals surface area (Å²) >= 11 is 0. The van der Waals surface area contributed by atoms with Gasteiger partial charge in [0.2, 0.25) is 0 Å². The van der Waals surface area contributed by atoms with Crippen LogP contribution in [0.1, 0.15) is 46.7 Å². The van der Waals surface area contributed by atoms with Gasteiger partial charge >= 0.3 is 6.09 Å². The zero-order chi connectivity index (χ0) is 23.1. The van der Waals surface area contributed by atoms with Gasteiger partial charge in [0.1, 0.15) is 17.0 Å². The number of rotatable bonds is 4. The monoisotopic (exact) mass is 438 g/mol. The number of likely N-dealkylation sites (tertiary alicyclic amines) is 1. The molecule has 1 aliphatic rings. The molecule has 4 rings (SSSR count). The van der Waals surface area contributed by atoms with Crippen molar-refractivity contribution < 1.29 is 14.6 Å². The first-order valence-corrected chi connectivity index (χ1v) is 10.8. The highest BCUT2D eigenvalue weighted by molar-refractivity contribution is 5.69. The van der Waals surface area contributed by atoms with Gasteiger partial charge in [-0.15, -0.1) is 0 Å². The van der Waals surface area contributed by atoms with Gasteiger partial charge in [-0.2, -0.15) is 0 Å². The number of nitrogens with zero attached hydrogens (tertiary/aromatic N) is 5. The molecule has 1 saturated heterocycles. The smallest absolute Gasteiger partial charge is 0.410 e. The molecule has 32 heavy (non-hydrogen) atoms. The number of carbonyl (C=O) groups excluding carboxylic acids is 1. The Morgan fingerprint density at radius 2 is 1.97 bits per heavy atom. The van der Waals surface area contributed by atoms with E-state index in [1.807, 2.05) is 43.4 Å². The van der Waals surface area contributed by atoms with Crippen LogP contribution in [0.5, 0.6) is 0 Å². The van der Waals surface area contributed by atoms with Gasteiger partial charge in [-0.3, -0.25) is 9.38 Å². The quantitative estimate of drug-likeness (QED) is 0.643. The van der Waals surface area contributed by atoms with Crippen molar-refractivity contribution in [3.8, 4) is 11.4 Å². The van der Waals surface area contributed by atoms with Crippen LogP contribution < -0.4 is 5.32 Å². The summed E-state index contributed by atoms with van der Waals surface area (Å²) in [6.45, 7) is 10.2. The summed E-state index contributed by atoms with van der Waals surface area (Å²) in [5.74, 6) is 0.727. The lowest BCUT2D eigenvalue weighted by molar-refractivity contribution is 0.0293. The predicted molar refractivity (Wildman–Crippen MR) is 121 cm³/mol. The molecule has 4 heterocycles. The number of amides is 1. The van der Waals surface area contributed by atoms with E-state index in [2.05, 4.69) is 15.3 Å². The predicted octanol–water partition coefficient (Wildman–Crippen LogP) is 3.44. The van der Waals surface area contributed by atoms with Crippen molar-refractivity contribution >= 4 is 17.6 Å². The Kier molecular flexibility index (Phi) is 5.54. The summed E-state index contributed by atoms with van der Waals surface area (Å²) in [4.78, 5) is 27.5. The first-order valence-electron chi connectivity index (χ1n) is 10.8. The van der Waals surface area contributed by atoms with Crippen molar-refractivity contribution in [1.29, 1.82) is 0 Å². The standard InChI is InChI=1S/C23H30N6O3/c1-22(2,3)32-21(30)28-10-9-15(13-28)26-19-8-6-7-16(27-19)17-11-25-20-12-24-18(14-29(17)20)23(4,5)31/h6-8,11-12,14-15,31H,9-10,13H2,1-5H3,(H,26,27). The van der Waals surface area contributed by atoms with Crippen molar-refractivity contribution in [3.05, 3.63) is 42.5 Å². The minimum atomic E-state index is -1.06. The summed E-state index contributed by atoms with van der Waals surface area (Å²) in [5.41, 5.74) is 1.21. The van der Waals surface area contributed by atoms with Crippen LogP contribution in [0.25, 0.3) is 17.0 Å². The molecule has 9 heteroatoms. The Balaban J connectivity index is 1.51. The van der Waals surface area contributed by atoms with Crippen LogP contribution in [-0.4, -0.2) is 60.2 Å². The lowest BCUT2D eigenvalue weighted by Gasteiger charge is -2.24. The highest BCUT2D eigenvalue weighted by atomic mass is 16.6. The minimum Gasteiger partial charge on any atom is -0.444 e. The molecule has 1 amide bonds. The van der Waals surface area contributed by atoms with E-state index in [4.69, 9.17) is 9.72 Å². The highest BCUT2D eigenvalue weighted by Gasteiger charge is 2.30. The van der Waals surface area contributed by atoms with Crippen molar-refractivity contribution in [2.45, 2.75) is 58.3 Å². The minimum absolute atomic E-state index is 0.0958. The molecule has 2 N–H and O–H groups in total. The van der Waals surface area contributed by atoms with E-state index >= 15 is 0 Å².